The number of imidazole rings is 1. The average molecular weight is 386 g/mol. The maximum Gasteiger partial charge on any atom is 0.261 e. The van der Waals surface area contributed by atoms with Crippen molar-refractivity contribution in [3.8, 4) is 0 Å². The number of H-pyrrole nitrogens is 1. The highest BCUT2D eigenvalue weighted by atomic mass is 16.2. The van der Waals surface area contributed by atoms with Gasteiger partial charge >= 0.3 is 0 Å². The Kier molecular flexibility index (Phi) is 4.16. The average Bonchev–Trinajstić information content (AvgIpc) is 3.24. The van der Waals surface area contributed by atoms with E-state index in [4.69, 9.17) is 0 Å². The smallest absolute Gasteiger partial charge is 0.261 e. The number of nitrogens with zero attached hydrogens (tertiary/aromatic N) is 5. The lowest BCUT2D eigenvalue weighted by Gasteiger charge is -2.35. The molecular weight excluding hydrogens is 368 g/mol. The molecule has 1 aliphatic heterocycles. The van der Waals surface area contributed by atoms with E-state index in [-0.39, 0.29) is 24.1 Å². The lowest BCUT2D eigenvalue weighted by Crippen LogP contribution is -2.43. The highest BCUT2D eigenvalue weighted by Crippen LogP contribution is 2.33. The lowest BCUT2D eigenvalue weighted by atomic mass is 9.96. The van der Waals surface area contributed by atoms with Crippen LogP contribution in [0.2, 0.25) is 0 Å². The van der Waals surface area contributed by atoms with Crippen LogP contribution in [0.5, 0.6) is 0 Å². The van der Waals surface area contributed by atoms with Crippen LogP contribution in [-0.4, -0.2) is 41.9 Å². The fourth-order valence-corrected chi connectivity index (χ4v) is 3.88. The van der Waals surface area contributed by atoms with E-state index in [1.54, 1.807) is 41.8 Å². The SMILES string of the molecule is O=C(Cn1cnc2ccccc2c1=O)N1CCc2[nH]cnc2[C@H]1c1cccnc1. The number of rotatable bonds is 3. The number of aromatic amines is 1. The Hall–Kier alpha value is -3.81. The Morgan fingerprint density at radius 2 is 2.07 bits per heavy atom. The van der Waals surface area contributed by atoms with E-state index in [0.717, 1.165) is 17.0 Å². The van der Waals surface area contributed by atoms with Gasteiger partial charge in [-0.15, -0.1) is 0 Å². The summed E-state index contributed by atoms with van der Waals surface area (Å²) in [6, 6.07) is 10.6. The molecule has 29 heavy (non-hydrogen) atoms. The summed E-state index contributed by atoms with van der Waals surface area (Å²) in [7, 11) is 0. The van der Waals surface area contributed by atoms with Gasteiger partial charge in [-0.1, -0.05) is 18.2 Å². The van der Waals surface area contributed by atoms with Crippen molar-refractivity contribution >= 4 is 16.8 Å². The molecule has 0 spiro atoms. The van der Waals surface area contributed by atoms with Crippen molar-refractivity contribution in [2.75, 3.05) is 6.54 Å². The Labute approximate surface area is 165 Å². The maximum absolute atomic E-state index is 13.3. The van der Waals surface area contributed by atoms with Crippen LogP contribution in [0.15, 0.2) is 66.2 Å². The van der Waals surface area contributed by atoms with E-state index in [1.807, 2.05) is 18.2 Å². The molecule has 1 amide bonds. The molecular formula is C21H18N6O2. The summed E-state index contributed by atoms with van der Waals surface area (Å²) in [5.74, 6) is -0.160. The third kappa shape index (κ3) is 2.98. The van der Waals surface area contributed by atoms with Gasteiger partial charge in [-0.3, -0.25) is 19.1 Å². The summed E-state index contributed by atoms with van der Waals surface area (Å²) < 4.78 is 1.37. The fraction of sp³-hybridized carbons (Fsp3) is 0.190. The van der Waals surface area contributed by atoms with Gasteiger partial charge in [0.15, 0.2) is 0 Å². The van der Waals surface area contributed by atoms with Gasteiger partial charge in [0.25, 0.3) is 5.56 Å². The molecule has 0 fully saturated rings. The Morgan fingerprint density at radius 1 is 1.17 bits per heavy atom. The van der Waals surface area contributed by atoms with Crippen molar-refractivity contribution in [2.24, 2.45) is 0 Å². The molecule has 1 atom stereocenters. The summed E-state index contributed by atoms with van der Waals surface area (Å²) >= 11 is 0. The van der Waals surface area contributed by atoms with Crippen molar-refractivity contribution < 1.29 is 4.79 Å². The van der Waals surface area contributed by atoms with Crippen LogP contribution in [0, 0.1) is 0 Å². The number of pyridine rings is 1. The van der Waals surface area contributed by atoms with E-state index in [9.17, 15) is 9.59 Å². The van der Waals surface area contributed by atoms with Gasteiger partial charge in [0.05, 0.1) is 29.3 Å². The van der Waals surface area contributed by atoms with Crippen LogP contribution in [0.4, 0.5) is 0 Å². The summed E-state index contributed by atoms with van der Waals surface area (Å²) in [6.45, 7) is 0.455. The maximum atomic E-state index is 13.3. The van der Waals surface area contributed by atoms with E-state index < -0.39 is 0 Å². The minimum Gasteiger partial charge on any atom is -0.348 e. The van der Waals surface area contributed by atoms with E-state index in [1.165, 1.54) is 10.9 Å². The molecule has 4 aromatic rings. The van der Waals surface area contributed by atoms with Crippen LogP contribution < -0.4 is 5.56 Å². The minimum absolute atomic E-state index is 0.0762. The molecule has 0 unspecified atom stereocenters. The molecule has 1 N–H and O–H groups in total. The molecule has 0 radical (unpaired) electrons. The standard InChI is InChI=1S/C21H18N6O2/c28-18(11-26-13-25-16-6-2-1-5-15(16)21(26)29)27-9-7-17-19(24-12-23-17)20(27)14-4-3-8-22-10-14/h1-6,8,10,12-13,20H,7,9,11H2,(H,23,24)/t20-/m1/s1. The fourth-order valence-electron chi connectivity index (χ4n) is 3.88. The summed E-state index contributed by atoms with van der Waals surface area (Å²) in [5.41, 5.74) is 3.12. The van der Waals surface area contributed by atoms with Crippen molar-refractivity contribution in [3.05, 3.63) is 88.8 Å². The molecule has 144 valence electrons. The number of hydrogen-bond acceptors (Lipinski definition) is 5. The summed E-state index contributed by atoms with van der Waals surface area (Å²) in [6.07, 6.45) is 7.22. The first-order valence-electron chi connectivity index (χ1n) is 9.38. The topological polar surface area (TPSA) is 96.8 Å². The quantitative estimate of drug-likeness (QED) is 0.578. The first-order valence-corrected chi connectivity index (χ1v) is 9.38. The number of hydrogen-bond donors (Lipinski definition) is 1. The molecule has 1 aliphatic rings. The van der Waals surface area contributed by atoms with Gasteiger partial charge in [-0.25, -0.2) is 9.97 Å². The Bertz CT molecular complexity index is 1250. The molecule has 0 saturated heterocycles. The number of fused-ring (bicyclic) bond motifs is 2. The van der Waals surface area contributed by atoms with Crippen molar-refractivity contribution in [2.45, 2.75) is 19.0 Å². The van der Waals surface area contributed by atoms with Crippen molar-refractivity contribution in [1.82, 2.24) is 29.4 Å². The van der Waals surface area contributed by atoms with E-state index >= 15 is 0 Å². The molecule has 0 saturated carbocycles. The largest absolute Gasteiger partial charge is 0.348 e. The number of para-hydroxylation sites is 1. The lowest BCUT2D eigenvalue weighted by molar-refractivity contribution is -0.134. The van der Waals surface area contributed by atoms with Crippen LogP contribution in [-0.2, 0) is 17.8 Å². The molecule has 4 heterocycles. The molecule has 3 aromatic heterocycles. The first kappa shape index (κ1) is 17.3. The summed E-state index contributed by atoms with van der Waals surface area (Å²) in [5, 5.41) is 0.500. The molecule has 0 bridgehead atoms. The number of carbonyl (C=O) groups excluding carboxylic acids is 1. The molecule has 8 heteroatoms. The second-order valence-electron chi connectivity index (χ2n) is 6.99. The predicted octanol–water partition coefficient (Wildman–Crippen LogP) is 1.69. The molecule has 8 nitrogen and oxygen atoms in total. The van der Waals surface area contributed by atoms with Gasteiger partial charge in [-0.2, -0.15) is 0 Å². The number of carbonyl (C=O) groups is 1. The number of amides is 1. The molecule has 1 aromatic carbocycles. The normalized spacial score (nSPS) is 16.0. The Balaban J connectivity index is 1.50. The molecule has 0 aliphatic carbocycles. The van der Waals surface area contributed by atoms with Crippen LogP contribution in [0.3, 0.4) is 0 Å². The minimum atomic E-state index is -0.338. The Morgan fingerprint density at radius 3 is 2.93 bits per heavy atom. The van der Waals surface area contributed by atoms with Gasteiger partial charge in [-0.05, 0) is 23.8 Å². The van der Waals surface area contributed by atoms with E-state index in [2.05, 4.69) is 19.9 Å². The summed E-state index contributed by atoms with van der Waals surface area (Å²) in [4.78, 5) is 43.9. The highest BCUT2D eigenvalue weighted by Gasteiger charge is 2.34. The zero-order chi connectivity index (χ0) is 19.8. The van der Waals surface area contributed by atoms with Crippen LogP contribution in [0.25, 0.3) is 10.9 Å². The first-order chi connectivity index (χ1) is 14.2. The van der Waals surface area contributed by atoms with Gasteiger partial charge in [0, 0.05) is 31.1 Å². The zero-order valence-electron chi connectivity index (χ0n) is 15.5. The van der Waals surface area contributed by atoms with Crippen LogP contribution >= 0.6 is 0 Å². The second kappa shape index (κ2) is 6.97. The third-order valence-electron chi connectivity index (χ3n) is 5.28. The van der Waals surface area contributed by atoms with Crippen molar-refractivity contribution in [3.63, 3.8) is 0 Å². The van der Waals surface area contributed by atoms with Gasteiger partial charge < -0.3 is 9.88 Å². The zero-order valence-corrected chi connectivity index (χ0v) is 15.5. The third-order valence-corrected chi connectivity index (χ3v) is 5.28. The second-order valence-corrected chi connectivity index (χ2v) is 6.99. The highest BCUT2D eigenvalue weighted by molar-refractivity contribution is 5.79. The number of benzene rings is 1. The monoisotopic (exact) mass is 386 g/mol. The van der Waals surface area contributed by atoms with Crippen LogP contribution in [0.1, 0.15) is 23.0 Å². The van der Waals surface area contributed by atoms with Gasteiger partial charge in [0.1, 0.15) is 12.6 Å². The van der Waals surface area contributed by atoms with Crippen molar-refractivity contribution in [1.29, 1.82) is 0 Å². The predicted molar refractivity (Wildman–Crippen MR) is 106 cm³/mol. The number of aromatic nitrogens is 5. The number of nitrogens with one attached hydrogen (secondary N) is 1. The van der Waals surface area contributed by atoms with E-state index in [0.29, 0.717) is 23.9 Å². The van der Waals surface area contributed by atoms with Gasteiger partial charge in [0.2, 0.25) is 5.91 Å². The molecule has 5 rings (SSSR count).